The van der Waals surface area contributed by atoms with E-state index in [1.807, 2.05) is 12.1 Å². The number of nitrogens with zero attached hydrogens (tertiary/aromatic N) is 3. The van der Waals surface area contributed by atoms with Gasteiger partial charge < -0.3 is 9.64 Å². The lowest BCUT2D eigenvalue weighted by Gasteiger charge is -2.38. The molecule has 2 atom stereocenters. The summed E-state index contributed by atoms with van der Waals surface area (Å²) in [6, 6.07) is 14.1. The van der Waals surface area contributed by atoms with Crippen LogP contribution in [0.25, 0.3) is 0 Å². The van der Waals surface area contributed by atoms with Gasteiger partial charge in [-0.1, -0.05) is 30.7 Å². The number of hydrogen-bond acceptors (Lipinski definition) is 5. The lowest BCUT2D eigenvalue weighted by Crippen LogP contribution is -2.35. The molecule has 2 aromatic rings. The molecule has 1 unspecified atom stereocenters. The Bertz CT molecular complexity index is 957. The molecule has 0 radical (unpaired) electrons. The van der Waals surface area contributed by atoms with Crippen molar-refractivity contribution in [2.45, 2.75) is 50.5 Å². The van der Waals surface area contributed by atoms with Gasteiger partial charge in [0.05, 0.1) is 11.5 Å². The first-order chi connectivity index (χ1) is 15.7. The molecule has 3 aliphatic rings. The lowest BCUT2D eigenvalue weighted by molar-refractivity contribution is -0.384. The van der Waals surface area contributed by atoms with Crippen molar-refractivity contribution in [1.82, 2.24) is 9.80 Å². The highest BCUT2D eigenvalue weighted by molar-refractivity contribution is 5.52. The van der Waals surface area contributed by atoms with Crippen LogP contribution in [0.15, 0.2) is 42.5 Å². The fourth-order valence-corrected chi connectivity index (χ4v) is 5.85. The van der Waals surface area contributed by atoms with Gasteiger partial charge in [0.1, 0.15) is 5.75 Å². The van der Waals surface area contributed by atoms with Gasteiger partial charge >= 0.3 is 0 Å². The van der Waals surface area contributed by atoms with Gasteiger partial charge in [-0.15, -0.1) is 0 Å². The van der Waals surface area contributed by atoms with Crippen LogP contribution in [0.1, 0.15) is 67.2 Å². The number of hydrogen-bond donors (Lipinski definition) is 0. The average molecular weight is 436 g/mol. The largest absolute Gasteiger partial charge is 0.493 e. The van der Waals surface area contributed by atoms with Crippen LogP contribution in [0.2, 0.25) is 0 Å². The van der Waals surface area contributed by atoms with Gasteiger partial charge in [-0.3, -0.25) is 15.0 Å². The summed E-state index contributed by atoms with van der Waals surface area (Å²) in [5.74, 6) is 1.06. The van der Waals surface area contributed by atoms with E-state index in [4.69, 9.17) is 4.74 Å². The molecule has 3 heterocycles. The summed E-state index contributed by atoms with van der Waals surface area (Å²) in [5.41, 5.74) is 3.76. The monoisotopic (exact) mass is 435 g/mol. The van der Waals surface area contributed by atoms with Gasteiger partial charge in [0.2, 0.25) is 0 Å². The van der Waals surface area contributed by atoms with E-state index in [-0.39, 0.29) is 16.5 Å². The topological polar surface area (TPSA) is 58.9 Å². The zero-order valence-corrected chi connectivity index (χ0v) is 18.7. The number of ether oxygens (including phenoxy) is 1. The third-order valence-electron chi connectivity index (χ3n) is 7.40. The summed E-state index contributed by atoms with van der Waals surface area (Å²) in [4.78, 5) is 16.2. The number of nitro groups is 1. The molecule has 0 N–H and O–H groups in total. The van der Waals surface area contributed by atoms with Gasteiger partial charge in [-0.05, 0) is 68.9 Å². The van der Waals surface area contributed by atoms with E-state index in [0.717, 1.165) is 37.4 Å². The molecule has 5 rings (SSSR count). The third-order valence-corrected chi connectivity index (χ3v) is 7.40. The molecule has 0 aliphatic carbocycles. The van der Waals surface area contributed by atoms with Crippen molar-refractivity contribution in [1.29, 1.82) is 0 Å². The summed E-state index contributed by atoms with van der Waals surface area (Å²) < 4.78 is 6.39. The van der Waals surface area contributed by atoms with Crippen molar-refractivity contribution >= 4 is 5.69 Å². The van der Waals surface area contributed by atoms with Crippen molar-refractivity contribution in [2.75, 3.05) is 39.3 Å². The number of benzene rings is 2. The molecule has 170 valence electrons. The number of likely N-dealkylation sites (tertiary alicyclic amines) is 1. The molecule has 0 saturated carbocycles. The second kappa shape index (κ2) is 9.59. The summed E-state index contributed by atoms with van der Waals surface area (Å²) in [7, 11) is 0. The molecular formula is C26H33N3O3. The Kier molecular flexibility index (Phi) is 6.42. The Hall–Kier alpha value is -2.44. The van der Waals surface area contributed by atoms with E-state index >= 15 is 0 Å². The first kappa shape index (κ1) is 21.4. The maximum absolute atomic E-state index is 11.4. The molecule has 6 nitrogen and oxygen atoms in total. The second-order valence-electron chi connectivity index (χ2n) is 9.42. The van der Waals surface area contributed by atoms with Gasteiger partial charge in [0, 0.05) is 42.7 Å². The van der Waals surface area contributed by atoms with Gasteiger partial charge in [0.25, 0.3) is 5.69 Å². The van der Waals surface area contributed by atoms with Crippen LogP contribution < -0.4 is 4.74 Å². The van der Waals surface area contributed by atoms with E-state index < -0.39 is 0 Å². The SMILES string of the molecule is O=[N+]([O-])c1cccc(C2CN3CCC[C@H]3c3cccc(OCCCN4CCCCC4)c32)c1. The molecule has 2 aromatic carbocycles. The Morgan fingerprint density at radius 2 is 1.88 bits per heavy atom. The fraction of sp³-hybridized carbons (Fsp3) is 0.538. The van der Waals surface area contributed by atoms with Crippen molar-refractivity contribution in [3.8, 4) is 5.75 Å². The third kappa shape index (κ3) is 4.39. The highest BCUT2D eigenvalue weighted by Gasteiger charge is 2.38. The minimum Gasteiger partial charge on any atom is -0.493 e. The number of piperidine rings is 1. The normalized spacial score (nSPS) is 23.5. The van der Waals surface area contributed by atoms with E-state index in [1.54, 1.807) is 12.1 Å². The second-order valence-corrected chi connectivity index (χ2v) is 9.42. The zero-order chi connectivity index (χ0) is 21.9. The molecule has 0 spiro atoms. The standard InChI is InChI=1S/C26H33N3O3/c30-29(31)21-9-4-8-20(18-21)23-19-28-16-6-11-24(28)22-10-5-12-25(26(22)23)32-17-7-15-27-13-2-1-3-14-27/h4-5,8-10,12,18,23-24H,1-3,6-7,11,13-17,19H2/t23?,24-/m0/s1. The number of fused-ring (bicyclic) bond motifs is 3. The van der Waals surface area contributed by atoms with E-state index in [1.165, 1.54) is 56.3 Å². The predicted molar refractivity (Wildman–Crippen MR) is 125 cm³/mol. The molecule has 2 fully saturated rings. The first-order valence-corrected chi connectivity index (χ1v) is 12.2. The molecule has 6 heteroatoms. The summed E-state index contributed by atoms with van der Waals surface area (Å²) in [5, 5.41) is 11.4. The quantitative estimate of drug-likeness (QED) is 0.343. The smallest absolute Gasteiger partial charge is 0.269 e. The van der Waals surface area contributed by atoms with E-state index in [9.17, 15) is 10.1 Å². The highest BCUT2D eigenvalue weighted by atomic mass is 16.6. The van der Waals surface area contributed by atoms with Crippen LogP contribution in [0.3, 0.4) is 0 Å². The molecule has 3 aliphatic heterocycles. The van der Waals surface area contributed by atoms with E-state index in [0.29, 0.717) is 12.6 Å². The minimum absolute atomic E-state index is 0.0949. The molecular weight excluding hydrogens is 402 g/mol. The zero-order valence-electron chi connectivity index (χ0n) is 18.7. The lowest BCUT2D eigenvalue weighted by atomic mass is 9.81. The number of non-ortho nitro benzene ring substituents is 1. The molecule has 0 bridgehead atoms. The van der Waals surface area contributed by atoms with Crippen molar-refractivity contribution in [3.63, 3.8) is 0 Å². The maximum Gasteiger partial charge on any atom is 0.269 e. The van der Waals surface area contributed by atoms with Crippen molar-refractivity contribution in [2.24, 2.45) is 0 Å². The van der Waals surface area contributed by atoms with Gasteiger partial charge in [-0.2, -0.15) is 0 Å². The van der Waals surface area contributed by atoms with E-state index in [2.05, 4.69) is 28.0 Å². The Labute approximate surface area is 190 Å². The highest BCUT2D eigenvalue weighted by Crippen LogP contribution is 2.47. The number of nitro benzene ring substituents is 1. The Morgan fingerprint density at radius 1 is 1.03 bits per heavy atom. The van der Waals surface area contributed by atoms with Crippen LogP contribution in [0.4, 0.5) is 5.69 Å². The minimum atomic E-state index is -0.297. The van der Waals surface area contributed by atoms with Crippen LogP contribution >= 0.6 is 0 Å². The number of rotatable bonds is 7. The summed E-state index contributed by atoms with van der Waals surface area (Å²) in [6.45, 7) is 6.23. The Balaban J connectivity index is 1.39. The van der Waals surface area contributed by atoms with Crippen LogP contribution in [0.5, 0.6) is 5.75 Å². The molecule has 0 aromatic heterocycles. The Morgan fingerprint density at radius 3 is 2.72 bits per heavy atom. The first-order valence-electron chi connectivity index (χ1n) is 12.2. The molecule has 2 saturated heterocycles. The van der Waals surface area contributed by atoms with Crippen LogP contribution in [-0.2, 0) is 0 Å². The average Bonchev–Trinajstić information content (AvgIpc) is 3.31. The van der Waals surface area contributed by atoms with Crippen molar-refractivity contribution in [3.05, 3.63) is 69.3 Å². The molecule has 32 heavy (non-hydrogen) atoms. The summed E-state index contributed by atoms with van der Waals surface area (Å²) in [6.07, 6.45) is 7.40. The fourth-order valence-electron chi connectivity index (χ4n) is 5.85. The van der Waals surface area contributed by atoms with Crippen LogP contribution in [0, 0.1) is 10.1 Å². The van der Waals surface area contributed by atoms with Gasteiger partial charge in [0.15, 0.2) is 0 Å². The van der Waals surface area contributed by atoms with Crippen LogP contribution in [-0.4, -0.2) is 54.1 Å². The predicted octanol–water partition coefficient (Wildman–Crippen LogP) is 5.13. The molecule has 0 amide bonds. The summed E-state index contributed by atoms with van der Waals surface area (Å²) >= 11 is 0. The maximum atomic E-state index is 11.4. The van der Waals surface area contributed by atoms with Gasteiger partial charge in [-0.25, -0.2) is 0 Å². The van der Waals surface area contributed by atoms with Crippen molar-refractivity contribution < 1.29 is 9.66 Å².